The molecule has 4 N–H and O–H groups in total. The van der Waals surface area contributed by atoms with Gasteiger partial charge in [-0.1, -0.05) is 6.07 Å². The number of carbonyl (C=O) groups is 1. The van der Waals surface area contributed by atoms with Gasteiger partial charge in [0.2, 0.25) is 5.91 Å². The number of aromatic nitrogens is 2. The number of imidazole rings is 1. The molecule has 5 heteroatoms. The van der Waals surface area contributed by atoms with Crippen molar-refractivity contribution in [2.45, 2.75) is 13.3 Å². The zero-order valence-electron chi connectivity index (χ0n) is 9.79. The summed E-state index contributed by atoms with van der Waals surface area (Å²) in [5.41, 5.74) is 8.37. The van der Waals surface area contributed by atoms with Gasteiger partial charge in [-0.05, 0) is 31.0 Å². The van der Waals surface area contributed by atoms with E-state index in [1.807, 2.05) is 19.1 Å². The Morgan fingerprint density at radius 2 is 2.35 bits per heavy atom. The molecule has 2 aromatic rings. The second kappa shape index (κ2) is 4.97. The van der Waals surface area contributed by atoms with Crippen LogP contribution >= 0.6 is 0 Å². The summed E-state index contributed by atoms with van der Waals surface area (Å²) < 4.78 is 0. The first kappa shape index (κ1) is 11.6. The number of nitrogens with one attached hydrogen (secondary N) is 2. The number of nitrogens with two attached hydrogens (primary N) is 1. The van der Waals surface area contributed by atoms with Gasteiger partial charge in [-0.3, -0.25) is 4.79 Å². The largest absolute Gasteiger partial charge is 0.355 e. The first-order chi connectivity index (χ1) is 8.19. The highest BCUT2D eigenvalue weighted by Gasteiger charge is 2.01. The normalized spacial score (nSPS) is 10.7. The van der Waals surface area contributed by atoms with Gasteiger partial charge in [0.1, 0.15) is 5.82 Å². The molecule has 0 aliphatic heterocycles. The number of amides is 1. The Hall–Kier alpha value is -1.88. The summed E-state index contributed by atoms with van der Waals surface area (Å²) in [6.07, 6.45) is 0.791. The Bertz CT molecular complexity index is 532. The minimum Gasteiger partial charge on any atom is -0.355 e. The topological polar surface area (TPSA) is 83.8 Å². The summed E-state index contributed by atoms with van der Waals surface area (Å²) in [4.78, 5) is 18.5. The highest BCUT2D eigenvalue weighted by Crippen LogP contribution is 2.13. The minimum absolute atomic E-state index is 0.0405. The first-order valence-electron chi connectivity index (χ1n) is 5.61. The second-order valence-electron chi connectivity index (χ2n) is 3.98. The van der Waals surface area contributed by atoms with Crippen LogP contribution in [0.5, 0.6) is 0 Å². The lowest BCUT2D eigenvalue weighted by Gasteiger charge is -2.03. The van der Waals surface area contributed by atoms with E-state index in [9.17, 15) is 4.79 Å². The van der Waals surface area contributed by atoms with Crippen LogP contribution in [0.4, 0.5) is 0 Å². The third kappa shape index (κ3) is 2.82. The molecule has 0 fully saturated rings. The molecule has 0 saturated heterocycles. The van der Waals surface area contributed by atoms with E-state index in [-0.39, 0.29) is 12.5 Å². The third-order valence-electron chi connectivity index (χ3n) is 2.59. The number of nitrogens with zero attached hydrogens (tertiary/aromatic N) is 1. The Morgan fingerprint density at radius 3 is 3.12 bits per heavy atom. The van der Waals surface area contributed by atoms with E-state index < -0.39 is 0 Å². The number of rotatable bonds is 4. The predicted molar refractivity (Wildman–Crippen MR) is 66.6 cm³/mol. The van der Waals surface area contributed by atoms with Crippen LogP contribution in [0.2, 0.25) is 0 Å². The van der Waals surface area contributed by atoms with Crippen LogP contribution in [-0.2, 0) is 11.2 Å². The number of benzene rings is 1. The number of aryl methyl sites for hydroxylation is 1. The van der Waals surface area contributed by atoms with E-state index in [1.165, 1.54) is 5.56 Å². The average Bonchev–Trinajstić information content (AvgIpc) is 2.68. The van der Waals surface area contributed by atoms with E-state index in [4.69, 9.17) is 5.73 Å². The minimum atomic E-state index is -0.122. The van der Waals surface area contributed by atoms with Crippen molar-refractivity contribution in [2.24, 2.45) is 5.73 Å². The number of hydrogen-bond donors (Lipinski definition) is 3. The van der Waals surface area contributed by atoms with E-state index in [2.05, 4.69) is 21.4 Å². The van der Waals surface area contributed by atoms with Gasteiger partial charge in [-0.2, -0.15) is 0 Å². The number of fused-ring (bicyclic) bond motifs is 1. The van der Waals surface area contributed by atoms with Crippen molar-refractivity contribution in [3.8, 4) is 0 Å². The quantitative estimate of drug-likeness (QED) is 0.717. The maximum atomic E-state index is 11.0. The van der Waals surface area contributed by atoms with Gasteiger partial charge in [-0.25, -0.2) is 4.98 Å². The van der Waals surface area contributed by atoms with Gasteiger partial charge in [-0.15, -0.1) is 0 Å². The van der Waals surface area contributed by atoms with Crippen LogP contribution in [0.1, 0.15) is 11.4 Å². The summed E-state index contributed by atoms with van der Waals surface area (Å²) >= 11 is 0. The maximum Gasteiger partial charge on any atom is 0.233 e. The number of H-pyrrole nitrogens is 1. The van der Waals surface area contributed by atoms with Crippen molar-refractivity contribution >= 4 is 16.9 Å². The molecule has 0 atom stereocenters. The van der Waals surface area contributed by atoms with Crippen molar-refractivity contribution in [3.63, 3.8) is 0 Å². The Labute approximate surface area is 99.4 Å². The van der Waals surface area contributed by atoms with E-state index in [1.54, 1.807) is 0 Å². The lowest BCUT2D eigenvalue weighted by molar-refractivity contribution is -0.119. The number of carbonyl (C=O) groups excluding carboxylic acids is 1. The smallest absolute Gasteiger partial charge is 0.233 e. The molecule has 0 spiro atoms. The zero-order valence-corrected chi connectivity index (χ0v) is 9.79. The van der Waals surface area contributed by atoms with E-state index in [0.717, 1.165) is 23.3 Å². The summed E-state index contributed by atoms with van der Waals surface area (Å²) in [5, 5.41) is 2.74. The van der Waals surface area contributed by atoms with Crippen molar-refractivity contribution in [3.05, 3.63) is 29.6 Å². The molecule has 2 rings (SSSR count). The predicted octanol–water partition coefficient (Wildman–Crippen LogP) is 0.489. The molecule has 1 heterocycles. The van der Waals surface area contributed by atoms with Crippen molar-refractivity contribution in [1.29, 1.82) is 0 Å². The molecule has 1 aromatic heterocycles. The molecule has 17 heavy (non-hydrogen) atoms. The van der Waals surface area contributed by atoms with Gasteiger partial charge in [0.25, 0.3) is 0 Å². The average molecular weight is 232 g/mol. The molecule has 5 nitrogen and oxygen atoms in total. The molecule has 0 saturated carbocycles. The van der Waals surface area contributed by atoms with Gasteiger partial charge in [0.15, 0.2) is 0 Å². The van der Waals surface area contributed by atoms with Crippen LogP contribution in [0, 0.1) is 6.92 Å². The van der Waals surface area contributed by atoms with E-state index >= 15 is 0 Å². The molecule has 0 bridgehead atoms. The zero-order chi connectivity index (χ0) is 12.3. The molecule has 0 unspecified atom stereocenters. The Balaban J connectivity index is 2.01. The number of aromatic amines is 1. The monoisotopic (exact) mass is 232 g/mol. The fraction of sp³-hybridized carbons (Fsp3) is 0.333. The molecule has 0 aliphatic rings. The molecular formula is C12H16N4O. The molecule has 0 aliphatic carbocycles. The van der Waals surface area contributed by atoms with Crippen LogP contribution in [0.15, 0.2) is 18.2 Å². The standard InChI is InChI=1S/C12H16N4O/c1-8-15-10-3-2-9(6-11(10)16-8)4-5-14-12(17)7-13/h2-3,6H,4-5,7,13H2,1H3,(H,14,17)(H,15,16). The maximum absolute atomic E-state index is 11.0. The lowest BCUT2D eigenvalue weighted by Crippen LogP contribution is -2.31. The van der Waals surface area contributed by atoms with Gasteiger partial charge < -0.3 is 16.0 Å². The van der Waals surface area contributed by atoms with Gasteiger partial charge >= 0.3 is 0 Å². The summed E-state index contributed by atoms with van der Waals surface area (Å²) in [6, 6.07) is 6.07. The molecule has 1 aromatic carbocycles. The summed E-state index contributed by atoms with van der Waals surface area (Å²) in [7, 11) is 0. The molecule has 1 amide bonds. The lowest BCUT2D eigenvalue weighted by atomic mass is 10.1. The fourth-order valence-corrected chi connectivity index (χ4v) is 1.76. The fourth-order valence-electron chi connectivity index (χ4n) is 1.76. The van der Waals surface area contributed by atoms with E-state index in [0.29, 0.717) is 6.54 Å². The molecular weight excluding hydrogens is 216 g/mol. The Morgan fingerprint density at radius 1 is 1.53 bits per heavy atom. The van der Waals surface area contributed by atoms with Crippen LogP contribution in [0.25, 0.3) is 11.0 Å². The summed E-state index contributed by atoms with van der Waals surface area (Å²) in [6.45, 7) is 2.58. The molecule has 90 valence electrons. The van der Waals surface area contributed by atoms with Crippen molar-refractivity contribution < 1.29 is 4.79 Å². The molecule has 0 radical (unpaired) electrons. The van der Waals surface area contributed by atoms with Crippen LogP contribution < -0.4 is 11.1 Å². The Kier molecular flexibility index (Phi) is 3.39. The summed E-state index contributed by atoms with van der Waals surface area (Å²) in [5.74, 6) is 0.789. The highest BCUT2D eigenvalue weighted by atomic mass is 16.1. The van der Waals surface area contributed by atoms with Gasteiger partial charge in [0.05, 0.1) is 17.6 Å². The highest BCUT2D eigenvalue weighted by molar-refractivity contribution is 5.78. The van der Waals surface area contributed by atoms with Crippen LogP contribution in [-0.4, -0.2) is 29.0 Å². The van der Waals surface area contributed by atoms with Gasteiger partial charge in [0, 0.05) is 6.54 Å². The van der Waals surface area contributed by atoms with Crippen molar-refractivity contribution in [2.75, 3.05) is 13.1 Å². The number of hydrogen-bond acceptors (Lipinski definition) is 3. The van der Waals surface area contributed by atoms with Crippen molar-refractivity contribution in [1.82, 2.24) is 15.3 Å². The SMILES string of the molecule is Cc1nc2ccc(CCNC(=O)CN)cc2[nH]1. The second-order valence-corrected chi connectivity index (χ2v) is 3.98. The first-order valence-corrected chi connectivity index (χ1v) is 5.61. The third-order valence-corrected chi connectivity index (χ3v) is 2.59. The van der Waals surface area contributed by atoms with Crippen LogP contribution in [0.3, 0.4) is 0 Å².